The summed E-state index contributed by atoms with van der Waals surface area (Å²) in [4.78, 5) is 0. The van der Waals surface area contributed by atoms with Crippen molar-refractivity contribution in [1.29, 1.82) is 0 Å². The fourth-order valence-electron chi connectivity index (χ4n) is 1.26. The van der Waals surface area contributed by atoms with Crippen LogP contribution in [0.4, 0.5) is 0 Å². The summed E-state index contributed by atoms with van der Waals surface area (Å²) < 4.78 is 10.9. The summed E-state index contributed by atoms with van der Waals surface area (Å²) in [5.74, 6) is 0.885. The molecule has 1 aromatic carbocycles. The van der Waals surface area contributed by atoms with E-state index in [-0.39, 0.29) is 5.54 Å². The highest BCUT2D eigenvalue weighted by molar-refractivity contribution is 5.27. The normalized spacial score (nSPS) is 11.5. The van der Waals surface area contributed by atoms with Gasteiger partial charge in [0.2, 0.25) is 0 Å². The highest BCUT2D eigenvalue weighted by Gasteiger charge is 2.09. The molecule has 1 rings (SSSR count). The first-order chi connectivity index (χ1) is 7.47. The third-order valence-corrected chi connectivity index (χ3v) is 1.96. The average molecular weight is 223 g/mol. The monoisotopic (exact) mass is 223 g/mol. The Morgan fingerprint density at radius 3 is 2.62 bits per heavy atom. The van der Waals surface area contributed by atoms with Crippen LogP contribution in [-0.2, 0) is 4.74 Å². The molecule has 0 saturated heterocycles. The number of aryl methyl sites for hydroxylation is 1. The number of hydrogen-bond acceptors (Lipinski definition) is 3. The van der Waals surface area contributed by atoms with Crippen molar-refractivity contribution in [3.63, 3.8) is 0 Å². The van der Waals surface area contributed by atoms with Crippen LogP contribution in [0.1, 0.15) is 19.4 Å². The first-order valence-electron chi connectivity index (χ1n) is 5.53. The van der Waals surface area contributed by atoms with E-state index in [9.17, 15) is 0 Å². The molecule has 0 bridgehead atoms. The average Bonchev–Trinajstić information content (AvgIpc) is 2.15. The number of hydrogen-bond donors (Lipinski definition) is 1. The zero-order valence-electron chi connectivity index (χ0n) is 10.3. The molecule has 2 N–H and O–H groups in total. The minimum Gasteiger partial charge on any atom is -0.491 e. The lowest BCUT2D eigenvalue weighted by atomic mass is 10.1. The lowest BCUT2D eigenvalue weighted by Crippen LogP contribution is -2.37. The summed E-state index contributed by atoms with van der Waals surface area (Å²) >= 11 is 0. The van der Waals surface area contributed by atoms with Crippen molar-refractivity contribution in [2.45, 2.75) is 26.3 Å². The van der Waals surface area contributed by atoms with Crippen LogP contribution >= 0.6 is 0 Å². The molecule has 0 aliphatic rings. The maximum absolute atomic E-state index is 5.78. The quantitative estimate of drug-likeness (QED) is 0.751. The highest BCUT2D eigenvalue weighted by Crippen LogP contribution is 2.11. The van der Waals surface area contributed by atoms with Gasteiger partial charge in [0.1, 0.15) is 12.4 Å². The van der Waals surface area contributed by atoms with Crippen molar-refractivity contribution >= 4 is 0 Å². The molecule has 90 valence electrons. The van der Waals surface area contributed by atoms with E-state index in [0.717, 1.165) is 5.75 Å². The molecule has 0 aliphatic heterocycles. The maximum atomic E-state index is 5.78. The topological polar surface area (TPSA) is 44.5 Å². The van der Waals surface area contributed by atoms with E-state index in [0.29, 0.717) is 19.8 Å². The van der Waals surface area contributed by atoms with Crippen molar-refractivity contribution in [3.05, 3.63) is 29.8 Å². The molecule has 0 aromatic heterocycles. The second-order valence-electron chi connectivity index (χ2n) is 4.71. The zero-order valence-corrected chi connectivity index (χ0v) is 10.3. The standard InChI is InChI=1S/C13H21NO2/c1-11-5-4-6-12(9-11)16-8-7-15-10-13(2,3)14/h4-6,9H,7-8,10,14H2,1-3H3. The van der Waals surface area contributed by atoms with E-state index in [1.807, 2.05) is 45.0 Å². The zero-order chi connectivity index (χ0) is 12.0. The van der Waals surface area contributed by atoms with Gasteiger partial charge in [-0.25, -0.2) is 0 Å². The Morgan fingerprint density at radius 1 is 1.25 bits per heavy atom. The van der Waals surface area contributed by atoms with Crippen molar-refractivity contribution in [3.8, 4) is 5.75 Å². The Balaban J connectivity index is 2.17. The van der Waals surface area contributed by atoms with Gasteiger partial charge in [-0.1, -0.05) is 12.1 Å². The smallest absolute Gasteiger partial charge is 0.119 e. The molecule has 0 unspecified atom stereocenters. The summed E-state index contributed by atoms with van der Waals surface area (Å²) in [6.07, 6.45) is 0. The molecule has 0 radical (unpaired) electrons. The number of benzene rings is 1. The van der Waals surface area contributed by atoms with Crippen LogP contribution in [-0.4, -0.2) is 25.4 Å². The van der Waals surface area contributed by atoms with E-state index >= 15 is 0 Å². The summed E-state index contributed by atoms with van der Waals surface area (Å²) in [7, 11) is 0. The molecular formula is C13H21NO2. The molecule has 0 amide bonds. The second-order valence-corrected chi connectivity index (χ2v) is 4.71. The SMILES string of the molecule is Cc1cccc(OCCOCC(C)(C)N)c1. The minimum absolute atomic E-state index is 0.274. The first kappa shape index (κ1) is 13.0. The van der Waals surface area contributed by atoms with Crippen LogP contribution in [0, 0.1) is 6.92 Å². The summed E-state index contributed by atoms with van der Waals surface area (Å²) in [6.45, 7) is 7.58. The second kappa shape index (κ2) is 5.87. The number of ether oxygens (including phenoxy) is 2. The van der Waals surface area contributed by atoms with Gasteiger partial charge in [0, 0.05) is 5.54 Å². The number of nitrogens with two attached hydrogens (primary N) is 1. The van der Waals surface area contributed by atoms with Crippen LogP contribution in [0.5, 0.6) is 5.75 Å². The number of rotatable bonds is 6. The predicted octanol–water partition coefficient (Wildman–Crippen LogP) is 2.13. The first-order valence-corrected chi connectivity index (χ1v) is 5.53. The molecule has 16 heavy (non-hydrogen) atoms. The van der Waals surface area contributed by atoms with E-state index in [1.165, 1.54) is 5.56 Å². The largest absolute Gasteiger partial charge is 0.491 e. The lowest BCUT2D eigenvalue weighted by molar-refractivity contribution is 0.0724. The third-order valence-electron chi connectivity index (χ3n) is 1.96. The van der Waals surface area contributed by atoms with Crippen molar-refractivity contribution in [1.82, 2.24) is 0 Å². The van der Waals surface area contributed by atoms with Gasteiger partial charge in [-0.05, 0) is 38.5 Å². The van der Waals surface area contributed by atoms with Crippen molar-refractivity contribution in [2.24, 2.45) is 5.73 Å². The molecule has 3 heteroatoms. The van der Waals surface area contributed by atoms with Gasteiger partial charge in [0.25, 0.3) is 0 Å². The molecule has 0 atom stereocenters. The van der Waals surface area contributed by atoms with Crippen molar-refractivity contribution in [2.75, 3.05) is 19.8 Å². The fraction of sp³-hybridized carbons (Fsp3) is 0.538. The Bertz CT molecular complexity index is 318. The Kier molecular flexibility index (Phi) is 4.77. The Labute approximate surface area is 97.6 Å². The van der Waals surface area contributed by atoms with Gasteiger partial charge < -0.3 is 15.2 Å². The van der Waals surface area contributed by atoms with E-state index in [4.69, 9.17) is 15.2 Å². The Morgan fingerprint density at radius 2 is 2.00 bits per heavy atom. The third kappa shape index (κ3) is 5.73. The summed E-state index contributed by atoms with van der Waals surface area (Å²) in [5, 5.41) is 0. The van der Waals surface area contributed by atoms with Gasteiger partial charge in [-0.15, -0.1) is 0 Å². The van der Waals surface area contributed by atoms with E-state index in [2.05, 4.69) is 0 Å². The summed E-state index contributed by atoms with van der Waals surface area (Å²) in [5.41, 5.74) is 6.70. The molecule has 0 aliphatic carbocycles. The van der Waals surface area contributed by atoms with Gasteiger partial charge in [-0.2, -0.15) is 0 Å². The fourth-order valence-corrected chi connectivity index (χ4v) is 1.26. The lowest BCUT2D eigenvalue weighted by Gasteiger charge is -2.18. The van der Waals surface area contributed by atoms with E-state index < -0.39 is 0 Å². The molecule has 3 nitrogen and oxygen atoms in total. The predicted molar refractivity (Wildman–Crippen MR) is 65.8 cm³/mol. The van der Waals surface area contributed by atoms with Gasteiger partial charge >= 0.3 is 0 Å². The van der Waals surface area contributed by atoms with Gasteiger partial charge in [-0.3, -0.25) is 0 Å². The molecule has 0 saturated carbocycles. The minimum atomic E-state index is -0.274. The molecule has 0 fully saturated rings. The van der Waals surface area contributed by atoms with E-state index in [1.54, 1.807) is 0 Å². The van der Waals surface area contributed by atoms with Crippen LogP contribution in [0.15, 0.2) is 24.3 Å². The molecule has 1 aromatic rings. The Hall–Kier alpha value is -1.06. The van der Waals surface area contributed by atoms with Gasteiger partial charge in [0.15, 0.2) is 0 Å². The molecule has 0 spiro atoms. The van der Waals surface area contributed by atoms with Crippen molar-refractivity contribution < 1.29 is 9.47 Å². The highest BCUT2D eigenvalue weighted by atomic mass is 16.5. The van der Waals surface area contributed by atoms with Crippen LogP contribution in [0.3, 0.4) is 0 Å². The van der Waals surface area contributed by atoms with Crippen LogP contribution < -0.4 is 10.5 Å². The van der Waals surface area contributed by atoms with Gasteiger partial charge in [0.05, 0.1) is 13.2 Å². The molecular weight excluding hydrogens is 202 g/mol. The molecule has 0 heterocycles. The maximum Gasteiger partial charge on any atom is 0.119 e. The van der Waals surface area contributed by atoms with Crippen LogP contribution in [0.2, 0.25) is 0 Å². The van der Waals surface area contributed by atoms with Crippen LogP contribution in [0.25, 0.3) is 0 Å². The summed E-state index contributed by atoms with van der Waals surface area (Å²) in [6, 6.07) is 7.97.